The molecule has 0 fully saturated rings. The number of thiocarbonyl (C=S) groups is 1. The molecule has 0 aliphatic heterocycles. The second kappa shape index (κ2) is 7.09. The van der Waals surface area contributed by atoms with E-state index in [4.69, 9.17) is 12.2 Å². The molecule has 3 nitrogen and oxygen atoms in total. The molecule has 0 aliphatic rings. The first-order valence-electron chi connectivity index (χ1n) is 6.58. The van der Waals surface area contributed by atoms with Gasteiger partial charge in [0.15, 0.2) is 5.11 Å². The van der Waals surface area contributed by atoms with Gasteiger partial charge in [0.25, 0.3) is 0 Å². The molecule has 0 amide bonds. The van der Waals surface area contributed by atoms with Crippen LogP contribution in [-0.4, -0.2) is 11.3 Å². The van der Waals surface area contributed by atoms with E-state index >= 15 is 0 Å². The van der Waals surface area contributed by atoms with Crippen LogP contribution in [0.2, 0.25) is 0 Å². The molecule has 0 bridgehead atoms. The fourth-order valence-electron chi connectivity index (χ4n) is 1.80. The lowest BCUT2D eigenvalue weighted by molar-refractivity contribution is 0.582. The fourth-order valence-corrected chi connectivity index (χ4v) is 1.97. The Labute approximate surface area is 133 Å². The predicted molar refractivity (Wildman–Crippen MR) is 89.2 cm³/mol. The Kier molecular flexibility index (Phi) is 5.16. The molecule has 2 rings (SSSR count). The number of hydrazone groups is 1. The van der Waals surface area contributed by atoms with E-state index in [1.807, 2.05) is 32.0 Å². The standard InChI is InChI=1S/C16H15F2N3S/c1-10-4-3-5-15(11(10)2)20-16(22)21-19-9-12-6-7-13(17)8-14(12)18/h3-9H,1-2H3,(H2,20,21,22). The lowest BCUT2D eigenvalue weighted by atomic mass is 10.1. The van der Waals surface area contributed by atoms with E-state index in [2.05, 4.69) is 15.8 Å². The Morgan fingerprint density at radius 3 is 2.68 bits per heavy atom. The van der Waals surface area contributed by atoms with Gasteiger partial charge in [0.2, 0.25) is 0 Å². The number of halogens is 2. The first-order valence-corrected chi connectivity index (χ1v) is 6.99. The quantitative estimate of drug-likeness (QED) is 0.512. The average Bonchev–Trinajstić information content (AvgIpc) is 2.46. The molecule has 2 aromatic carbocycles. The Balaban J connectivity index is 1.98. The summed E-state index contributed by atoms with van der Waals surface area (Å²) in [4.78, 5) is 0. The smallest absolute Gasteiger partial charge is 0.191 e. The normalized spacial score (nSPS) is 10.7. The number of nitrogens with one attached hydrogen (secondary N) is 2. The van der Waals surface area contributed by atoms with E-state index in [-0.39, 0.29) is 10.7 Å². The molecule has 2 N–H and O–H groups in total. The minimum atomic E-state index is -0.682. The van der Waals surface area contributed by atoms with E-state index in [0.29, 0.717) is 0 Å². The minimum Gasteiger partial charge on any atom is -0.331 e. The Morgan fingerprint density at radius 1 is 1.18 bits per heavy atom. The zero-order valence-corrected chi connectivity index (χ0v) is 13.0. The van der Waals surface area contributed by atoms with Gasteiger partial charge in [-0.3, -0.25) is 5.43 Å². The van der Waals surface area contributed by atoms with E-state index in [0.717, 1.165) is 28.9 Å². The van der Waals surface area contributed by atoms with Crippen LogP contribution in [0.4, 0.5) is 14.5 Å². The van der Waals surface area contributed by atoms with Crippen molar-refractivity contribution in [1.82, 2.24) is 5.43 Å². The van der Waals surface area contributed by atoms with E-state index in [1.165, 1.54) is 12.3 Å². The summed E-state index contributed by atoms with van der Waals surface area (Å²) >= 11 is 5.12. The lowest BCUT2D eigenvalue weighted by Crippen LogP contribution is -2.24. The Morgan fingerprint density at radius 2 is 1.95 bits per heavy atom. The van der Waals surface area contributed by atoms with Crippen LogP contribution >= 0.6 is 12.2 Å². The fraction of sp³-hybridized carbons (Fsp3) is 0.125. The van der Waals surface area contributed by atoms with Crippen molar-refractivity contribution in [3.05, 3.63) is 64.7 Å². The van der Waals surface area contributed by atoms with Crippen molar-refractivity contribution in [2.24, 2.45) is 5.10 Å². The van der Waals surface area contributed by atoms with Gasteiger partial charge in [-0.1, -0.05) is 12.1 Å². The zero-order valence-electron chi connectivity index (χ0n) is 12.2. The Bertz CT molecular complexity index is 729. The number of nitrogens with zero attached hydrogens (tertiary/aromatic N) is 1. The molecule has 0 saturated carbocycles. The second-order valence-electron chi connectivity index (χ2n) is 4.74. The van der Waals surface area contributed by atoms with Crippen LogP contribution < -0.4 is 10.7 Å². The zero-order chi connectivity index (χ0) is 16.1. The topological polar surface area (TPSA) is 36.4 Å². The molecule has 0 spiro atoms. The highest BCUT2D eigenvalue weighted by Gasteiger charge is 2.03. The van der Waals surface area contributed by atoms with Crippen molar-refractivity contribution in [1.29, 1.82) is 0 Å². The molecule has 0 radical (unpaired) electrons. The van der Waals surface area contributed by atoms with Crippen LogP contribution in [0.1, 0.15) is 16.7 Å². The summed E-state index contributed by atoms with van der Waals surface area (Å²) in [6.45, 7) is 3.99. The van der Waals surface area contributed by atoms with Crippen LogP contribution in [0.15, 0.2) is 41.5 Å². The first kappa shape index (κ1) is 16.0. The van der Waals surface area contributed by atoms with E-state index in [9.17, 15) is 8.78 Å². The maximum absolute atomic E-state index is 13.4. The van der Waals surface area contributed by atoms with Gasteiger partial charge < -0.3 is 5.32 Å². The summed E-state index contributed by atoms with van der Waals surface area (Å²) in [6.07, 6.45) is 1.24. The molecule has 6 heteroatoms. The largest absolute Gasteiger partial charge is 0.331 e. The van der Waals surface area contributed by atoms with Crippen molar-refractivity contribution < 1.29 is 8.78 Å². The van der Waals surface area contributed by atoms with Crippen molar-refractivity contribution in [2.45, 2.75) is 13.8 Å². The van der Waals surface area contributed by atoms with Crippen molar-refractivity contribution in [2.75, 3.05) is 5.32 Å². The van der Waals surface area contributed by atoms with Crippen molar-refractivity contribution in [3.8, 4) is 0 Å². The molecule has 0 aromatic heterocycles. The van der Waals surface area contributed by atoms with Gasteiger partial charge in [-0.25, -0.2) is 8.78 Å². The highest BCUT2D eigenvalue weighted by molar-refractivity contribution is 7.80. The highest BCUT2D eigenvalue weighted by atomic mass is 32.1. The lowest BCUT2D eigenvalue weighted by Gasteiger charge is -2.11. The van der Waals surface area contributed by atoms with Gasteiger partial charge in [0, 0.05) is 17.3 Å². The Hall–Kier alpha value is -2.34. The van der Waals surface area contributed by atoms with Crippen LogP contribution in [0.3, 0.4) is 0 Å². The van der Waals surface area contributed by atoms with E-state index < -0.39 is 11.6 Å². The van der Waals surface area contributed by atoms with Crippen LogP contribution in [0, 0.1) is 25.5 Å². The van der Waals surface area contributed by atoms with Crippen LogP contribution in [0.5, 0.6) is 0 Å². The monoisotopic (exact) mass is 319 g/mol. The summed E-state index contributed by atoms with van der Waals surface area (Å²) in [6, 6.07) is 9.10. The van der Waals surface area contributed by atoms with Gasteiger partial charge >= 0.3 is 0 Å². The SMILES string of the molecule is Cc1cccc(NC(=S)NN=Cc2ccc(F)cc2F)c1C. The maximum Gasteiger partial charge on any atom is 0.191 e. The van der Waals surface area contributed by atoms with Crippen molar-refractivity contribution in [3.63, 3.8) is 0 Å². The summed E-state index contributed by atoms with van der Waals surface area (Å²) in [5.41, 5.74) is 5.87. The molecule has 0 heterocycles. The minimum absolute atomic E-state index is 0.170. The second-order valence-corrected chi connectivity index (χ2v) is 5.15. The molecule has 0 atom stereocenters. The van der Waals surface area contributed by atoms with Crippen LogP contribution in [-0.2, 0) is 0 Å². The number of anilines is 1. The molecular weight excluding hydrogens is 304 g/mol. The molecule has 0 aliphatic carbocycles. The number of hydrogen-bond acceptors (Lipinski definition) is 2. The summed E-state index contributed by atoms with van der Waals surface area (Å²) in [7, 11) is 0. The van der Waals surface area contributed by atoms with Crippen molar-refractivity contribution >= 4 is 29.2 Å². The molecule has 0 saturated heterocycles. The predicted octanol–water partition coefficient (Wildman–Crippen LogP) is 3.90. The third kappa shape index (κ3) is 4.08. The van der Waals surface area contributed by atoms with Gasteiger partial charge in [0.05, 0.1) is 6.21 Å². The number of rotatable bonds is 3. The molecule has 114 valence electrons. The molecular formula is C16H15F2N3S. The van der Waals surface area contributed by atoms with Gasteiger partial charge in [-0.2, -0.15) is 5.10 Å². The average molecular weight is 319 g/mol. The summed E-state index contributed by atoms with van der Waals surface area (Å²) < 4.78 is 26.2. The third-order valence-electron chi connectivity index (χ3n) is 3.19. The maximum atomic E-state index is 13.4. The molecule has 22 heavy (non-hydrogen) atoms. The number of hydrogen-bond donors (Lipinski definition) is 2. The first-order chi connectivity index (χ1) is 10.5. The van der Waals surface area contributed by atoms with Gasteiger partial charge in [-0.05, 0) is 55.4 Å². The van der Waals surface area contributed by atoms with E-state index in [1.54, 1.807) is 0 Å². The highest BCUT2D eigenvalue weighted by Crippen LogP contribution is 2.17. The third-order valence-corrected chi connectivity index (χ3v) is 3.38. The number of benzene rings is 2. The summed E-state index contributed by atoms with van der Waals surface area (Å²) in [5.74, 6) is -1.31. The summed E-state index contributed by atoms with van der Waals surface area (Å²) in [5, 5.41) is 7.14. The molecule has 2 aromatic rings. The molecule has 0 unspecified atom stereocenters. The van der Waals surface area contributed by atoms with Gasteiger partial charge in [-0.15, -0.1) is 0 Å². The van der Waals surface area contributed by atoms with Gasteiger partial charge in [0.1, 0.15) is 11.6 Å². The number of aryl methyl sites for hydroxylation is 1. The van der Waals surface area contributed by atoms with Crippen LogP contribution in [0.25, 0.3) is 0 Å².